The number of aliphatic hydroxyl groups excluding tert-OH is 1. The summed E-state index contributed by atoms with van der Waals surface area (Å²) in [6, 6.07) is -2.28. The molecule has 0 fully saturated rings. The van der Waals surface area contributed by atoms with Crippen LogP contribution in [0.25, 0.3) is 0 Å². The Morgan fingerprint density at radius 2 is 1.47 bits per heavy atom. The van der Waals surface area contributed by atoms with Crippen LogP contribution >= 0.6 is 11.8 Å². The van der Waals surface area contributed by atoms with Crippen LogP contribution in [-0.4, -0.2) is 136 Å². The number of aliphatic hydroxyl groups is 1. The van der Waals surface area contributed by atoms with E-state index in [0.29, 0.717) is 32.3 Å². The number of rotatable bonds is 26. The Morgan fingerprint density at radius 1 is 0.837 bits per heavy atom. The maximum atomic E-state index is 12.6. The molecule has 0 saturated heterocycles. The molecule has 0 aromatic rings. The van der Waals surface area contributed by atoms with E-state index in [-0.39, 0.29) is 50.1 Å². The Morgan fingerprint density at radius 3 is 2.08 bits per heavy atom. The number of amides is 4. The number of thioether (sulfide) groups is 1. The van der Waals surface area contributed by atoms with Crippen molar-refractivity contribution in [3.8, 4) is 0 Å². The minimum absolute atomic E-state index is 0.0505. The van der Waals surface area contributed by atoms with E-state index in [0.717, 1.165) is 0 Å². The second-order valence-electron chi connectivity index (χ2n) is 12.0. The molecule has 0 aromatic heterocycles. The molecule has 0 heterocycles. The maximum Gasteiger partial charge on any atom is 0.508 e. The highest BCUT2D eigenvalue weighted by atomic mass is 32.2. The molecule has 0 aliphatic carbocycles. The monoisotopic (exact) mass is 725 g/mol. The summed E-state index contributed by atoms with van der Waals surface area (Å²) < 4.78 is 30.7. The van der Waals surface area contributed by atoms with Gasteiger partial charge in [-0.15, -0.1) is 0 Å². The molecule has 49 heavy (non-hydrogen) atoms. The van der Waals surface area contributed by atoms with Crippen LogP contribution in [0, 0.1) is 0 Å². The number of nitrogens with one attached hydrogen (secondary N) is 3. The first-order valence-corrected chi connectivity index (χ1v) is 16.9. The number of hydrogen-bond donors (Lipinski definition) is 6. The largest absolute Gasteiger partial charge is 0.508 e. The van der Waals surface area contributed by atoms with E-state index in [1.54, 1.807) is 0 Å². The summed E-state index contributed by atoms with van der Waals surface area (Å²) >= 11 is 1.22. The molecule has 4 amide bonds. The zero-order valence-electron chi connectivity index (χ0n) is 29.3. The summed E-state index contributed by atoms with van der Waals surface area (Å²) in [6.45, 7) is 7.21. The first-order valence-electron chi connectivity index (χ1n) is 15.8. The fourth-order valence-electron chi connectivity index (χ4n) is 3.79. The Labute approximate surface area is 291 Å². The second-order valence-corrected chi connectivity index (χ2v) is 13.1. The molecule has 0 rings (SSSR count). The van der Waals surface area contributed by atoms with Gasteiger partial charge in [0.25, 0.3) is 0 Å². The number of methoxy groups -OCH3 is 2. The minimum atomic E-state index is -1.24. The lowest BCUT2D eigenvalue weighted by Gasteiger charge is -2.30. The standard InChI is InChI=1S/C30H55N5O13S/c1-29(2,10-9-24(38)34-16-23(32)37)46-14-11-30(3,4)47-15-12-33-26(40)22(17-36)35-25(39)21(31)19-49-18-20(48-28(42)44-6)8-7-13-45-27(41)43-5/h20-22,36H,7-19,31H2,1-6H3,(H2,32,37)(H,33,40)(H,34,38)(H,35,39)/t20-,21+,22+/m1/s1. The smallest absolute Gasteiger partial charge is 0.438 e. The van der Waals surface area contributed by atoms with Crippen LogP contribution in [0.1, 0.15) is 59.8 Å². The molecule has 0 unspecified atom stereocenters. The van der Waals surface area contributed by atoms with Gasteiger partial charge in [0.1, 0.15) is 12.1 Å². The summed E-state index contributed by atoms with van der Waals surface area (Å²) in [4.78, 5) is 70.4. The number of ether oxygens (including phenoxy) is 6. The fourth-order valence-corrected chi connectivity index (χ4v) is 4.83. The van der Waals surface area contributed by atoms with Crippen molar-refractivity contribution >= 4 is 47.7 Å². The van der Waals surface area contributed by atoms with Crippen LogP contribution in [0.2, 0.25) is 0 Å². The lowest BCUT2D eigenvalue weighted by Crippen LogP contribution is -2.54. The molecular formula is C30H55N5O13S. The van der Waals surface area contributed by atoms with Gasteiger partial charge in [0.15, 0.2) is 0 Å². The average molecular weight is 726 g/mol. The SMILES string of the molecule is COC(=O)OCCC[C@H](CSC[C@H](N)C(=O)N[C@@H](CO)C(=O)NCCOC(C)(C)CCOC(C)(C)CCC(=O)NCC(N)=O)OC(=O)OC. The van der Waals surface area contributed by atoms with Crippen LogP contribution in [0.5, 0.6) is 0 Å². The van der Waals surface area contributed by atoms with Crippen molar-refractivity contribution in [1.82, 2.24) is 16.0 Å². The fraction of sp³-hybridized carbons (Fsp3) is 0.800. The van der Waals surface area contributed by atoms with E-state index >= 15 is 0 Å². The molecule has 0 aliphatic rings. The Balaban J connectivity index is 4.53. The summed E-state index contributed by atoms with van der Waals surface area (Å²) in [7, 11) is 2.35. The third-order valence-electron chi connectivity index (χ3n) is 6.74. The van der Waals surface area contributed by atoms with Gasteiger partial charge in [0.05, 0.1) is 64.4 Å². The van der Waals surface area contributed by atoms with Crippen LogP contribution < -0.4 is 27.4 Å². The van der Waals surface area contributed by atoms with Crippen LogP contribution in [0.3, 0.4) is 0 Å². The van der Waals surface area contributed by atoms with Crippen molar-refractivity contribution in [3.05, 3.63) is 0 Å². The van der Waals surface area contributed by atoms with Crippen LogP contribution in [0.4, 0.5) is 9.59 Å². The zero-order chi connectivity index (χ0) is 37.5. The molecule has 0 bridgehead atoms. The molecule has 18 nitrogen and oxygen atoms in total. The van der Waals surface area contributed by atoms with Crippen molar-refractivity contribution in [2.75, 3.05) is 65.2 Å². The number of carbonyl (C=O) groups excluding carboxylic acids is 6. The van der Waals surface area contributed by atoms with Crippen molar-refractivity contribution in [2.24, 2.45) is 11.5 Å². The number of nitrogens with two attached hydrogens (primary N) is 2. The minimum Gasteiger partial charge on any atom is -0.438 e. The molecular weight excluding hydrogens is 670 g/mol. The highest BCUT2D eigenvalue weighted by Crippen LogP contribution is 2.20. The molecule has 0 spiro atoms. The van der Waals surface area contributed by atoms with E-state index < -0.39 is 66.0 Å². The van der Waals surface area contributed by atoms with Gasteiger partial charge in [-0.2, -0.15) is 11.8 Å². The highest BCUT2D eigenvalue weighted by Gasteiger charge is 2.26. The molecule has 0 radical (unpaired) electrons. The maximum absolute atomic E-state index is 12.6. The predicted octanol–water partition coefficient (Wildman–Crippen LogP) is -0.283. The summed E-state index contributed by atoms with van der Waals surface area (Å²) in [6.07, 6.45) is -0.500. The summed E-state index contributed by atoms with van der Waals surface area (Å²) in [5, 5.41) is 17.2. The summed E-state index contributed by atoms with van der Waals surface area (Å²) in [5.41, 5.74) is 9.80. The Kier molecular flexibility index (Phi) is 23.0. The van der Waals surface area contributed by atoms with E-state index in [9.17, 15) is 33.9 Å². The second kappa shape index (κ2) is 24.7. The van der Waals surface area contributed by atoms with Gasteiger partial charge in [-0.1, -0.05) is 0 Å². The van der Waals surface area contributed by atoms with Gasteiger partial charge in [0, 0.05) is 24.5 Å². The van der Waals surface area contributed by atoms with Crippen molar-refractivity contribution in [2.45, 2.75) is 89.2 Å². The Hall–Kier alpha value is -3.39. The summed E-state index contributed by atoms with van der Waals surface area (Å²) in [5.74, 6) is -1.82. The molecule has 19 heteroatoms. The zero-order valence-corrected chi connectivity index (χ0v) is 30.2. The quantitative estimate of drug-likeness (QED) is 0.0495. The lowest BCUT2D eigenvalue weighted by atomic mass is 10.0. The molecule has 0 aliphatic heterocycles. The molecule has 0 saturated carbocycles. The lowest BCUT2D eigenvalue weighted by molar-refractivity contribution is -0.130. The first-order chi connectivity index (χ1) is 22.9. The van der Waals surface area contributed by atoms with Crippen molar-refractivity contribution in [3.63, 3.8) is 0 Å². The topological polar surface area (TPSA) is 266 Å². The van der Waals surface area contributed by atoms with E-state index in [4.69, 9.17) is 30.4 Å². The first kappa shape index (κ1) is 45.6. The van der Waals surface area contributed by atoms with Crippen LogP contribution in [0.15, 0.2) is 0 Å². The van der Waals surface area contributed by atoms with Crippen molar-refractivity contribution in [1.29, 1.82) is 0 Å². The van der Waals surface area contributed by atoms with Gasteiger partial charge < -0.3 is 60.9 Å². The van der Waals surface area contributed by atoms with E-state index in [2.05, 4.69) is 25.4 Å². The van der Waals surface area contributed by atoms with Gasteiger partial charge in [0.2, 0.25) is 23.6 Å². The number of primary amides is 1. The molecule has 284 valence electrons. The van der Waals surface area contributed by atoms with E-state index in [1.807, 2.05) is 27.7 Å². The molecule has 0 aromatic carbocycles. The molecule has 8 N–H and O–H groups in total. The Bertz CT molecular complexity index is 1050. The average Bonchev–Trinajstić information content (AvgIpc) is 3.04. The normalized spacial score (nSPS) is 13.3. The van der Waals surface area contributed by atoms with Gasteiger partial charge in [-0.25, -0.2) is 9.59 Å². The van der Waals surface area contributed by atoms with Crippen molar-refractivity contribution < 1.29 is 62.3 Å². The predicted molar refractivity (Wildman–Crippen MR) is 178 cm³/mol. The molecule has 3 atom stereocenters. The van der Waals surface area contributed by atoms with Gasteiger partial charge in [-0.05, 0) is 53.4 Å². The highest BCUT2D eigenvalue weighted by molar-refractivity contribution is 7.99. The number of hydrogen-bond acceptors (Lipinski definition) is 15. The van der Waals surface area contributed by atoms with Crippen LogP contribution in [-0.2, 0) is 47.6 Å². The third-order valence-corrected chi connectivity index (χ3v) is 7.95. The van der Waals surface area contributed by atoms with Gasteiger partial charge >= 0.3 is 12.3 Å². The van der Waals surface area contributed by atoms with E-state index in [1.165, 1.54) is 26.0 Å². The van der Waals surface area contributed by atoms with Gasteiger partial charge in [-0.3, -0.25) is 19.2 Å². The number of carbonyl (C=O) groups is 6. The third kappa shape index (κ3) is 23.6.